The van der Waals surface area contributed by atoms with Gasteiger partial charge in [-0.15, -0.1) is 0 Å². The van der Waals surface area contributed by atoms with Gasteiger partial charge < -0.3 is 37.5 Å². The van der Waals surface area contributed by atoms with Crippen molar-refractivity contribution in [3.8, 4) is 0 Å². The highest BCUT2D eigenvalue weighted by atomic mass is 27.3. The monoisotopic (exact) mass is 722 g/mol. The Hall–Kier alpha value is -3.86. The summed E-state index contributed by atoms with van der Waals surface area (Å²) in [5.74, 6) is -3.77. The molecule has 276 valence electrons. The highest BCUT2D eigenvalue weighted by Crippen LogP contribution is 2.16. The van der Waals surface area contributed by atoms with E-state index < -0.39 is 62.9 Å². The maximum absolute atomic E-state index is 13.6. The lowest BCUT2D eigenvalue weighted by Gasteiger charge is -2.31. The number of hydrogen-bond acceptors (Lipinski definition) is 12. The molecule has 3 unspecified atom stereocenters. The first kappa shape index (κ1) is 40.6. The Morgan fingerprint density at radius 2 is 1.52 bits per heavy atom. The first-order valence-electron chi connectivity index (χ1n) is 16.7. The van der Waals surface area contributed by atoms with Crippen molar-refractivity contribution < 1.29 is 55.1 Å². The van der Waals surface area contributed by atoms with Gasteiger partial charge in [-0.25, -0.2) is 20.0 Å². The van der Waals surface area contributed by atoms with Crippen molar-refractivity contribution in [3.63, 3.8) is 0 Å². The van der Waals surface area contributed by atoms with E-state index in [0.29, 0.717) is 11.1 Å². The minimum atomic E-state index is -3.74. The number of rotatable bonds is 4. The number of hydrogen-bond donors (Lipinski definition) is 4. The normalized spacial score (nSPS) is 25.3. The fourth-order valence-electron chi connectivity index (χ4n) is 5.28. The molecular formula is C31H47AlN6O12. The van der Waals surface area contributed by atoms with Gasteiger partial charge in [0.05, 0.1) is 6.61 Å². The largest absolute Gasteiger partial charge is 0.975 e. The van der Waals surface area contributed by atoms with Gasteiger partial charge in [0, 0.05) is 58.7 Å². The highest BCUT2D eigenvalue weighted by molar-refractivity contribution is 6.36. The molecule has 0 spiro atoms. The Morgan fingerprint density at radius 1 is 0.920 bits per heavy atom. The molecule has 0 radical (unpaired) electrons. The number of aliphatic hydroxyl groups excluding tert-OH is 1. The number of carbonyl (C=O) groups excluding carboxylic acids is 7. The minimum absolute atomic E-state index is 0.0500. The second-order valence-electron chi connectivity index (χ2n) is 12.3. The molecule has 4 aliphatic rings. The zero-order valence-corrected chi connectivity index (χ0v) is 30.1. The van der Waals surface area contributed by atoms with Crippen LogP contribution in [0.15, 0.2) is 23.3 Å². The lowest BCUT2D eigenvalue weighted by atomic mass is 10.0. The average Bonchev–Trinajstić information content (AvgIpc) is 3.04. The molecule has 4 rings (SSSR count). The Morgan fingerprint density at radius 3 is 2.14 bits per heavy atom. The van der Waals surface area contributed by atoms with Gasteiger partial charge in [-0.05, 0) is 58.8 Å². The molecule has 3 saturated heterocycles. The number of ether oxygens (including phenoxy) is 1. The second kappa shape index (κ2) is 20.1. The molecule has 4 heterocycles. The van der Waals surface area contributed by atoms with Crippen molar-refractivity contribution in [2.45, 2.75) is 97.2 Å². The third kappa shape index (κ3) is 13.1. The number of nitrogens with one attached hydrogen (secondary N) is 3. The van der Waals surface area contributed by atoms with Gasteiger partial charge in [0.15, 0.2) is 0 Å². The van der Waals surface area contributed by atoms with E-state index in [4.69, 9.17) is 16.4 Å². The van der Waals surface area contributed by atoms with Gasteiger partial charge in [-0.3, -0.25) is 28.8 Å². The molecular weight excluding hydrogens is 675 g/mol. The summed E-state index contributed by atoms with van der Waals surface area (Å²) in [6, 6.07) is -2.68. The fraction of sp³-hybridized carbons (Fsp3) is 0.645. The standard InChI is InChI=1S/C31H47N6O12.Al/c1-20(11-16-38)18-27(41)37(48)15-7-10-26(32-22(3)39)31(45)49-17-12-21(2)19-28(42)36(47)14-6-9-25-30(44)33-24(29(43)34-25)8-5-13-35(46)23(4)40;/h18-19,24-26,38H,5-17H2,1-4H3,(H,32,39)(H,33,44)(H,34,43);/q-3;+3/b20-18+,21-19-;. The van der Waals surface area contributed by atoms with Crippen LogP contribution in [0, 0.1) is 0 Å². The van der Waals surface area contributed by atoms with E-state index in [2.05, 4.69) is 16.0 Å². The smallest absolute Gasteiger partial charge is 0.464 e. The second-order valence-corrected chi connectivity index (χ2v) is 13.5. The van der Waals surface area contributed by atoms with E-state index in [-0.39, 0.29) is 96.0 Å². The maximum atomic E-state index is 13.6. The molecule has 50 heavy (non-hydrogen) atoms. The molecule has 6 amide bonds. The predicted molar refractivity (Wildman–Crippen MR) is 174 cm³/mol. The number of nitrogens with zero attached hydrogens (tertiary/aromatic N) is 3. The van der Waals surface area contributed by atoms with E-state index in [9.17, 15) is 38.7 Å². The van der Waals surface area contributed by atoms with E-state index >= 15 is 0 Å². The average molecular weight is 723 g/mol. The van der Waals surface area contributed by atoms with Crippen LogP contribution in [-0.2, 0) is 50.0 Å². The Balaban J connectivity index is 2.04. The molecule has 18 nitrogen and oxygen atoms in total. The summed E-state index contributed by atoms with van der Waals surface area (Å²) < 4.78 is 23.5. The molecule has 4 N–H and O–H groups in total. The van der Waals surface area contributed by atoms with Crippen molar-refractivity contribution in [2.24, 2.45) is 0 Å². The van der Waals surface area contributed by atoms with Crippen LogP contribution in [0.3, 0.4) is 0 Å². The Bertz CT molecular complexity index is 1340. The van der Waals surface area contributed by atoms with Gasteiger partial charge in [0.1, 0.15) is 18.1 Å². The van der Waals surface area contributed by atoms with Crippen molar-refractivity contribution >= 4 is 56.6 Å². The molecule has 4 aliphatic heterocycles. The third-order valence-corrected chi connectivity index (χ3v) is 9.24. The van der Waals surface area contributed by atoms with Crippen molar-refractivity contribution in [1.82, 2.24) is 31.1 Å². The quantitative estimate of drug-likeness (QED) is 0.161. The molecule has 4 bridgehead atoms. The van der Waals surface area contributed by atoms with E-state index in [1.807, 2.05) is 0 Å². The number of cyclic esters (lactones) is 1. The molecule has 3 atom stereocenters. The summed E-state index contributed by atoms with van der Waals surface area (Å²) in [7, 11) is 0. The molecule has 3 fully saturated rings. The maximum Gasteiger partial charge on any atom is 0.975 e. The van der Waals surface area contributed by atoms with E-state index in [0.717, 1.165) is 15.2 Å². The highest BCUT2D eigenvalue weighted by Gasteiger charge is 2.44. The first-order valence-corrected chi connectivity index (χ1v) is 18.1. The van der Waals surface area contributed by atoms with Crippen LogP contribution in [0.2, 0.25) is 0 Å². The molecule has 0 saturated carbocycles. The number of carbonyl (C=O) groups is 7. The molecule has 0 aliphatic carbocycles. The van der Waals surface area contributed by atoms with Crippen LogP contribution >= 0.6 is 0 Å². The third-order valence-electron chi connectivity index (χ3n) is 7.96. The topological polar surface area (TPSA) is 222 Å². The summed E-state index contributed by atoms with van der Waals surface area (Å²) in [5.41, 5.74) is 1.05. The van der Waals surface area contributed by atoms with Gasteiger partial charge >= 0.3 is 21.1 Å². The number of hydroxylamine groups is 6. The number of piperazine rings is 1. The van der Waals surface area contributed by atoms with E-state index in [1.54, 1.807) is 13.8 Å². The summed E-state index contributed by atoms with van der Waals surface area (Å²) in [5, 5.41) is 20.2. The summed E-state index contributed by atoms with van der Waals surface area (Å²) >= 11 is -3.74. The number of fused-ring (bicyclic) bond motifs is 8. The van der Waals surface area contributed by atoms with Crippen LogP contribution < -0.4 is 16.0 Å². The number of esters is 1. The number of aliphatic hydroxyl groups is 1. The van der Waals surface area contributed by atoms with Crippen LogP contribution in [-0.4, -0.2) is 128 Å². The Kier molecular flexibility index (Phi) is 16.3. The zero-order valence-electron chi connectivity index (χ0n) is 28.9. The first-order chi connectivity index (χ1) is 23.8. The lowest BCUT2D eigenvalue weighted by molar-refractivity contribution is -0.211. The van der Waals surface area contributed by atoms with Crippen molar-refractivity contribution in [1.29, 1.82) is 0 Å². The van der Waals surface area contributed by atoms with Crippen LogP contribution in [0.1, 0.15) is 79.1 Å². The van der Waals surface area contributed by atoms with Crippen LogP contribution in [0.5, 0.6) is 0 Å². The summed E-state index contributed by atoms with van der Waals surface area (Å²) in [6.07, 6.45) is 3.85. The minimum Gasteiger partial charge on any atom is -0.464 e. The van der Waals surface area contributed by atoms with Gasteiger partial charge in [-0.2, -0.15) is 0 Å². The van der Waals surface area contributed by atoms with Gasteiger partial charge in [0.2, 0.25) is 23.6 Å². The zero-order chi connectivity index (χ0) is 36.8. The van der Waals surface area contributed by atoms with E-state index in [1.165, 1.54) is 26.0 Å². The van der Waals surface area contributed by atoms with Gasteiger partial charge in [0.25, 0.3) is 11.8 Å². The molecule has 19 heteroatoms. The predicted octanol–water partition coefficient (Wildman–Crippen LogP) is -0.664. The fourth-order valence-corrected chi connectivity index (χ4v) is 6.69. The van der Waals surface area contributed by atoms with Gasteiger partial charge in [-0.1, -0.05) is 11.1 Å². The summed E-state index contributed by atoms with van der Waals surface area (Å²) in [4.78, 5) is 90.1. The van der Waals surface area contributed by atoms with Crippen molar-refractivity contribution in [2.75, 3.05) is 32.8 Å². The molecule has 0 aromatic heterocycles. The molecule has 0 aromatic carbocycles. The SMILES string of the molecule is CC(=O)NC1CCCN(C(=O)/C=C(\C)CCO)[O][Al]2[O]N(C(C)=O)CCCC3NC(=O)C(CCCN([O]2)C(=O)/C=C(/C)CCOC1=O)NC3=O. The number of amides is 6. The Labute approximate surface area is 295 Å². The van der Waals surface area contributed by atoms with Crippen LogP contribution in [0.4, 0.5) is 0 Å². The molecule has 0 aromatic rings. The summed E-state index contributed by atoms with van der Waals surface area (Å²) in [6.45, 7) is 5.20. The van der Waals surface area contributed by atoms with Crippen LogP contribution in [0.25, 0.3) is 0 Å². The van der Waals surface area contributed by atoms with Crippen molar-refractivity contribution in [3.05, 3.63) is 23.3 Å². The lowest BCUT2D eigenvalue weighted by Crippen LogP contribution is -2.61.